The minimum atomic E-state index is -0.175. The molecule has 7 heteroatoms. The molecule has 2 amide bonds. The minimum Gasteiger partial charge on any atom is -0.340 e. The lowest BCUT2D eigenvalue weighted by Gasteiger charge is -2.12. The molecule has 144 valence electrons. The van der Waals surface area contributed by atoms with E-state index in [2.05, 4.69) is 20.3 Å². The zero-order valence-electron chi connectivity index (χ0n) is 15.7. The van der Waals surface area contributed by atoms with Gasteiger partial charge in [-0.05, 0) is 48.2 Å². The lowest BCUT2D eigenvalue weighted by atomic mass is 10.1. The number of carbonyl (C=O) groups excluding carboxylic acids is 2. The van der Waals surface area contributed by atoms with Crippen LogP contribution in [0.2, 0.25) is 0 Å². The maximum Gasteiger partial charge on any atom is 0.255 e. The van der Waals surface area contributed by atoms with Gasteiger partial charge in [-0.15, -0.1) is 0 Å². The molecule has 2 aromatic carbocycles. The first-order chi connectivity index (χ1) is 14.2. The highest BCUT2D eigenvalue weighted by molar-refractivity contribution is 6.07. The van der Waals surface area contributed by atoms with Crippen molar-refractivity contribution in [2.75, 3.05) is 11.9 Å². The van der Waals surface area contributed by atoms with Gasteiger partial charge in [-0.25, -0.2) is 4.98 Å². The SMILES string of the molecule is O=C(Nc1ccc2nc(CN3CCCC3=O)[nH]c2c1)c1ccc2cnccc2c1. The Kier molecular flexibility index (Phi) is 4.20. The molecule has 0 unspecified atom stereocenters. The standard InChI is InChI=1S/C22H19N5O2/c28-21-2-1-9-27(21)13-20-25-18-6-5-17(11-19(18)26-20)24-22(29)15-3-4-16-12-23-8-7-14(16)10-15/h3-8,10-12H,1-2,9,13H2,(H,24,29)(H,25,26). The lowest BCUT2D eigenvalue weighted by Crippen LogP contribution is -2.24. The second kappa shape index (κ2) is 7.01. The number of aromatic amines is 1. The molecule has 5 rings (SSSR count). The molecule has 7 nitrogen and oxygen atoms in total. The molecule has 3 heterocycles. The minimum absolute atomic E-state index is 0.171. The molecule has 0 bridgehead atoms. The third-order valence-electron chi connectivity index (χ3n) is 5.20. The molecule has 1 fully saturated rings. The van der Waals surface area contributed by atoms with E-state index >= 15 is 0 Å². The van der Waals surface area contributed by atoms with E-state index in [9.17, 15) is 9.59 Å². The highest BCUT2D eigenvalue weighted by Crippen LogP contribution is 2.21. The quantitative estimate of drug-likeness (QED) is 0.563. The molecule has 0 radical (unpaired) electrons. The number of H-pyrrole nitrogens is 1. The van der Waals surface area contributed by atoms with Crippen LogP contribution >= 0.6 is 0 Å². The number of nitrogens with zero attached hydrogens (tertiary/aromatic N) is 3. The van der Waals surface area contributed by atoms with Crippen LogP contribution in [0.3, 0.4) is 0 Å². The number of hydrogen-bond acceptors (Lipinski definition) is 4. The predicted molar refractivity (Wildman–Crippen MR) is 110 cm³/mol. The molecular formula is C22H19N5O2. The maximum atomic E-state index is 12.7. The number of pyridine rings is 1. The van der Waals surface area contributed by atoms with Crippen molar-refractivity contribution in [3.63, 3.8) is 0 Å². The van der Waals surface area contributed by atoms with Gasteiger partial charge in [0.15, 0.2) is 0 Å². The zero-order chi connectivity index (χ0) is 19.8. The Bertz CT molecular complexity index is 1250. The van der Waals surface area contributed by atoms with Crippen molar-refractivity contribution in [3.8, 4) is 0 Å². The van der Waals surface area contributed by atoms with E-state index < -0.39 is 0 Å². The number of nitrogens with one attached hydrogen (secondary N) is 2. The number of rotatable bonds is 4. The Labute approximate surface area is 166 Å². The highest BCUT2D eigenvalue weighted by atomic mass is 16.2. The first-order valence-electron chi connectivity index (χ1n) is 9.57. The third kappa shape index (κ3) is 3.42. The zero-order valence-corrected chi connectivity index (χ0v) is 15.7. The van der Waals surface area contributed by atoms with Crippen molar-refractivity contribution < 1.29 is 9.59 Å². The molecule has 29 heavy (non-hydrogen) atoms. The maximum absolute atomic E-state index is 12.7. The van der Waals surface area contributed by atoms with E-state index in [-0.39, 0.29) is 11.8 Å². The van der Waals surface area contributed by atoms with Crippen LogP contribution in [0.1, 0.15) is 29.0 Å². The largest absolute Gasteiger partial charge is 0.340 e. The van der Waals surface area contributed by atoms with Gasteiger partial charge in [0.2, 0.25) is 5.91 Å². The number of aromatic nitrogens is 3. The van der Waals surface area contributed by atoms with Crippen molar-refractivity contribution >= 4 is 39.3 Å². The molecular weight excluding hydrogens is 366 g/mol. The number of anilines is 1. The summed E-state index contributed by atoms with van der Waals surface area (Å²) >= 11 is 0. The average molecular weight is 385 g/mol. The van der Waals surface area contributed by atoms with Crippen molar-refractivity contribution in [2.45, 2.75) is 19.4 Å². The molecule has 1 aliphatic rings. The average Bonchev–Trinajstić information content (AvgIpc) is 3.33. The number of carbonyl (C=O) groups is 2. The first kappa shape index (κ1) is 17.4. The van der Waals surface area contributed by atoms with Crippen LogP contribution in [-0.2, 0) is 11.3 Å². The van der Waals surface area contributed by atoms with Gasteiger partial charge < -0.3 is 15.2 Å². The van der Waals surface area contributed by atoms with Gasteiger partial charge in [-0.1, -0.05) is 6.07 Å². The molecule has 4 aromatic rings. The van der Waals surface area contributed by atoms with E-state index in [1.165, 1.54) is 0 Å². The van der Waals surface area contributed by atoms with Crippen LogP contribution < -0.4 is 5.32 Å². The van der Waals surface area contributed by atoms with Crippen LogP contribution in [0.5, 0.6) is 0 Å². The van der Waals surface area contributed by atoms with Crippen LogP contribution in [0.4, 0.5) is 5.69 Å². The second-order valence-corrected chi connectivity index (χ2v) is 7.23. The normalized spacial score (nSPS) is 14.1. The van der Waals surface area contributed by atoms with E-state index in [0.717, 1.165) is 40.6 Å². The predicted octanol–water partition coefficient (Wildman–Crippen LogP) is 3.49. The number of benzene rings is 2. The van der Waals surface area contributed by atoms with Crippen molar-refractivity contribution in [3.05, 3.63) is 66.2 Å². The number of hydrogen-bond donors (Lipinski definition) is 2. The first-order valence-corrected chi connectivity index (χ1v) is 9.57. The summed E-state index contributed by atoms with van der Waals surface area (Å²) < 4.78 is 0. The fraction of sp³-hybridized carbons (Fsp3) is 0.182. The Morgan fingerprint density at radius 1 is 1.14 bits per heavy atom. The van der Waals surface area contributed by atoms with Crippen molar-refractivity contribution in [1.82, 2.24) is 19.9 Å². The fourth-order valence-corrected chi connectivity index (χ4v) is 3.69. The van der Waals surface area contributed by atoms with Gasteiger partial charge in [0, 0.05) is 42.0 Å². The summed E-state index contributed by atoms with van der Waals surface area (Å²) in [6, 6.07) is 13.0. The van der Waals surface area contributed by atoms with Gasteiger partial charge in [0.1, 0.15) is 5.82 Å². The Morgan fingerprint density at radius 2 is 2.07 bits per heavy atom. The second-order valence-electron chi connectivity index (χ2n) is 7.23. The lowest BCUT2D eigenvalue weighted by molar-refractivity contribution is -0.128. The summed E-state index contributed by atoms with van der Waals surface area (Å²) in [4.78, 5) is 38.2. The van der Waals surface area contributed by atoms with Crippen LogP contribution in [0.25, 0.3) is 21.8 Å². The molecule has 0 aliphatic carbocycles. The third-order valence-corrected chi connectivity index (χ3v) is 5.20. The van der Waals surface area contributed by atoms with Crippen molar-refractivity contribution in [1.29, 1.82) is 0 Å². The topological polar surface area (TPSA) is 91.0 Å². The van der Waals surface area contributed by atoms with E-state index in [0.29, 0.717) is 24.2 Å². The van der Waals surface area contributed by atoms with Gasteiger partial charge in [0.05, 0.1) is 17.6 Å². The molecule has 0 spiro atoms. The summed E-state index contributed by atoms with van der Waals surface area (Å²) in [6.45, 7) is 1.26. The Morgan fingerprint density at radius 3 is 2.93 bits per heavy atom. The van der Waals surface area contributed by atoms with Crippen LogP contribution in [-0.4, -0.2) is 38.2 Å². The summed E-state index contributed by atoms with van der Waals surface area (Å²) in [6.07, 6.45) is 5.00. The molecule has 2 aromatic heterocycles. The van der Waals surface area contributed by atoms with E-state index in [1.54, 1.807) is 18.5 Å². The molecule has 0 saturated carbocycles. The molecule has 0 atom stereocenters. The number of likely N-dealkylation sites (tertiary alicyclic amines) is 1. The van der Waals surface area contributed by atoms with E-state index in [4.69, 9.17) is 0 Å². The Balaban J connectivity index is 1.35. The summed E-state index contributed by atoms with van der Waals surface area (Å²) in [5.74, 6) is 0.747. The highest BCUT2D eigenvalue weighted by Gasteiger charge is 2.21. The van der Waals surface area contributed by atoms with Crippen LogP contribution in [0, 0.1) is 0 Å². The van der Waals surface area contributed by atoms with Gasteiger partial charge in [-0.2, -0.15) is 0 Å². The molecule has 1 saturated heterocycles. The number of fused-ring (bicyclic) bond motifs is 2. The van der Waals surface area contributed by atoms with Crippen LogP contribution in [0.15, 0.2) is 54.9 Å². The summed E-state index contributed by atoms with van der Waals surface area (Å²) in [5, 5.41) is 4.90. The summed E-state index contributed by atoms with van der Waals surface area (Å²) in [5.41, 5.74) is 2.91. The fourth-order valence-electron chi connectivity index (χ4n) is 3.69. The summed E-state index contributed by atoms with van der Waals surface area (Å²) in [7, 11) is 0. The van der Waals surface area contributed by atoms with Gasteiger partial charge in [-0.3, -0.25) is 14.6 Å². The van der Waals surface area contributed by atoms with Gasteiger partial charge in [0.25, 0.3) is 5.91 Å². The van der Waals surface area contributed by atoms with Crippen molar-refractivity contribution in [2.24, 2.45) is 0 Å². The Hall–Kier alpha value is -3.74. The van der Waals surface area contributed by atoms with Gasteiger partial charge >= 0.3 is 0 Å². The number of amides is 2. The monoisotopic (exact) mass is 385 g/mol. The molecule has 2 N–H and O–H groups in total. The number of imidazole rings is 1. The smallest absolute Gasteiger partial charge is 0.255 e. The van der Waals surface area contributed by atoms with E-state index in [1.807, 2.05) is 41.3 Å². The molecule has 1 aliphatic heterocycles.